The van der Waals surface area contributed by atoms with E-state index in [9.17, 15) is 13.2 Å². The van der Waals surface area contributed by atoms with E-state index in [1.807, 2.05) is 37.3 Å². The number of aromatic nitrogens is 1. The molecule has 1 amide bonds. The molecule has 0 fully saturated rings. The Balaban J connectivity index is 1.80. The normalized spacial score (nSPS) is 11.4. The molecular formula is C22H22BrN3O3S. The third-order valence-electron chi connectivity index (χ3n) is 4.46. The van der Waals surface area contributed by atoms with Gasteiger partial charge in [0.2, 0.25) is 15.9 Å². The van der Waals surface area contributed by atoms with Crippen LogP contribution in [0, 0.1) is 6.92 Å². The number of aryl methyl sites for hydroxylation is 1. The van der Waals surface area contributed by atoms with Gasteiger partial charge in [-0.2, -0.15) is 4.31 Å². The molecule has 0 aliphatic carbocycles. The van der Waals surface area contributed by atoms with Crippen molar-refractivity contribution in [2.45, 2.75) is 24.9 Å². The fourth-order valence-corrected chi connectivity index (χ4v) is 4.45. The van der Waals surface area contributed by atoms with Crippen molar-refractivity contribution in [3.8, 4) is 0 Å². The maximum atomic E-state index is 13.3. The van der Waals surface area contributed by atoms with Crippen LogP contribution in [0.4, 0.5) is 0 Å². The molecule has 3 aromatic rings. The van der Waals surface area contributed by atoms with E-state index >= 15 is 0 Å². The standard InChI is InChI=1S/C22H22BrN3O3S/c1-17-4-10-21(11-5-17)30(28,29)26(15-18-6-8-20(23)9-7-18)16-22(27)25-14-19-3-2-12-24-13-19/h2-13H,14-16H2,1H3,(H,25,27). The molecular weight excluding hydrogens is 466 g/mol. The molecule has 0 unspecified atom stereocenters. The minimum atomic E-state index is -3.86. The van der Waals surface area contributed by atoms with Crippen molar-refractivity contribution in [1.29, 1.82) is 0 Å². The SMILES string of the molecule is Cc1ccc(S(=O)(=O)N(CC(=O)NCc2cccnc2)Cc2ccc(Br)cc2)cc1. The number of rotatable bonds is 8. The molecule has 30 heavy (non-hydrogen) atoms. The first-order chi connectivity index (χ1) is 14.3. The van der Waals surface area contributed by atoms with E-state index in [-0.39, 0.29) is 30.4 Å². The first kappa shape index (κ1) is 22.1. The minimum absolute atomic E-state index is 0.0871. The van der Waals surface area contributed by atoms with E-state index in [1.165, 1.54) is 4.31 Å². The van der Waals surface area contributed by atoms with Gasteiger partial charge in [0.1, 0.15) is 0 Å². The van der Waals surface area contributed by atoms with E-state index in [1.54, 1.807) is 42.7 Å². The van der Waals surface area contributed by atoms with Crippen LogP contribution in [0.25, 0.3) is 0 Å². The number of sulfonamides is 1. The summed E-state index contributed by atoms with van der Waals surface area (Å²) in [7, 11) is -3.86. The Bertz CT molecular complexity index is 1090. The van der Waals surface area contributed by atoms with Crippen LogP contribution in [0.2, 0.25) is 0 Å². The molecule has 2 aromatic carbocycles. The highest BCUT2D eigenvalue weighted by atomic mass is 79.9. The molecule has 0 bridgehead atoms. The van der Waals surface area contributed by atoms with E-state index in [0.717, 1.165) is 21.2 Å². The van der Waals surface area contributed by atoms with Gasteiger partial charge in [-0.25, -0.2) is 8.42 Å². The number of hydrogen-bond acceptors (Lipinski definition) is 4. The van der Waals surface area contributed by atoms with Crippen molar-refractivity contribution in [1.82, 2.24) is 14.6 Å². The van der Waals surface area contributed by atoms with Crippen LogP contribution < -0.4 is 5.32 Å². The van der Waals surface area contributed by atoms with Crippen LogP contribution in [0.15, 0.2) is 82.4 Å². The zero-order valence-electron chi connectivity index (χ0n) is 16.5. The molecule has 0 aliphatic heterocycles. The van der Waals surface area contributed by atoms with Crippen LogP contribution in [0.3, 0.4) is 0 Å². The van der Waals surface area contributed by atoms with Gasteiger partial charge in [-0.3, -0.25) is 9.78 Å². The molecule has 1 aromatic heterocycles. The maximum absolute atomic E-state index is 13.3. The largest absolute Gasteiger partial charge is 0.351 e. The van der Waals surface area contributed by atoms with Gasteiger partial charge in [0.15, 0.2) is 0 Å². The summed E-state index contributed by atoms with van der Waals surface area (Å²) in [5, 5.41) is 2.76. The van der Waals surface area contributed by atoms with Crippen LogP contribution in [-0.4, -0.2) is 30.2 Å². The average molecular weight is 488 g/mol. The summed E-state index contributed by atoms with van der Waals surface area (Å²) in [6.45, 7) is 1.97. The van der Waals surface area contributed by atoms with Crippen molar-refractivity contribution in [3.63, 3.8) is 0 Å². The number of benzene rings is 2. The molecule has 0 saturated heterocycles. The van der Waals surface area contributed by atoms with E-state index in [0.29, 0.717) is 0 Å². The van der Waals surface area contributed by atoms with Gasteiger partial charge < -0.3 is 5.32 Å². The third-order valence-corrected chi connectivity index (χ3v) is 6.80. The van der Waals surface area contributed by atoms with Gasteiger partial charge in [0.25, 0.3) is 0 Å². The van der Waals surface area contributed by atoms with Crippen LogP contribution >= 0.6 is 15.9 Å². The van der Waals surface area contributed by atoms with Crippen molar-refractivity contribution in [2.75, 3.05) is 6.54 Å². The van der Waals surface area contributed by atoms with Crippen molar-refractivity contribution in [2.24, 2.45) is 0 Å². The summed E-state index contributed by atoms with van der Waals surface area (Å²) >= 11 is 3.38. The predicted molar refractivity (Wildman–Crippen MR) is 119 cm³/mol. The molecule has 8 heteroatoms. The van der Waals surface area contributed by atoms with Crippen molar-refractivity contribution < 1.29 is 13.2 Å². The van der Waals surface area contributed by atoms with Gasteiger partial charge in [-0.1, -0.05) is 51.8 Å². The third kappa shape index (κ3) is 5.98. The van der Waals surface area contributed by atoms with Gasteiger partial charge in [0, 0.05) is 30.0 Å². The maximum Gasteiger partial charge on any atom is 0.243 e. The highest BCUT2D eigenvalue weighted by Crippen LogP contribution is 2.20. The van der Waals surface area contributed by atoms with Crippen molar-refractivity contribution in [3.05, 3.63) is 94.2 Å². The summed E-state index contributed by atoms with van der Waals surface area (Å²) in [5.41, 5.74) is 2.59. The fourth-order valence-electron chi connectivity index (χ4n) is 2.80. The Morgan fingerprint density at radius 2 is 1.73 bits per heavy atom. The summed E-state index contributed by atoms with van der Waals surface area (Å²) in [6.07, 6.45) is 3.31. The molecule has 0 radical (unpaired) electrons. The summed E-state index contributed by atoms with van der Waals surface area (Å²) in [6, 6.07) is 17.6. The second-order valence-electron chi connectivity index (χ2n) is 6.85. The first-order valence-corrected chi connectivity index (χ1v) is 11.5. The van der Waals surface area contributed by atoms with E-state index < -0.39 is 10.0 Å². The van der Waals surface area contributed by atoms with Gasteiger partial charge in [-0.15, -0.1) is 0 Å². The quantitative estimate of drug-likeness (QED) is 0.525. The summed E-state index contributed by atoms with van der Waals surface area (Å²) < 4.78 is 28.6. The van der Waals surface area contributed by atoms with E-state index in [2.05, 4.69) is 26.2 Å². The molecule has 0 spiro atoms. The molecule has 1 N–H and O–H groups in total. The highest BCUT2D eigenvalue weighted by molar-refractivity contribution is 9.10. The van der Waals surface area contributed by atoms with Crippen molar-refractivity contribution >= 4 is 31.9 Å². The Morgan fingerprint density at radius 3 is 2.37 bits per heavy atom. The minimum Gasteiger partial charge on any atom is -0.351 e. The number of nitrogens with zero attached hydrogens (tertiary/aromatic N) is 2. The van der Waals surface area contributed by atoms with Gasteiger partial charge in [0.05, 0.1) is 11.4 Å². The summed E-state index contributed by atoms with van der Waals surface area (Å²) in [4.78, 5) is 16.7. The fraction of sp³-hybridized carbons (Fsp3) is 0.182. The zero-order valence-corrected chi connectivity index (χ0v) is 18.9. The Kier molecular flexibility index (Phi) is 7.36. The average Bonchev–Trinajstić information content (AvgIpc) is 2.74. The van der Waals surface area contributed by atoms with Crippen LogP contribution in [0.5, 0.6) is 0 Å². The lowest BCUT2D eigenvalue weighted by molar-refractivity contribution is -0.121. The van der Waals surface area contributed by atoms with E-state index in [4.69, 9.17) is 0 Å². The summed E-state index contributed by atoms with van der Waals surface area (Å²) in [5.74, 6) is -0.383. The number of hydrogen-bond donors (Lipinski definition) is 1. The Labute approximate surface area is 185 Å². The molecule has 3 rings (SSSR count). The molecule has 156 valence electrons. The van der Waals surface area contributed by atoms with Crippen LogP contribution in [0.1, 0.15) is 16.7 Å². The predicted octanol–water partition coefficient (Wildman–Crippen LogP) is 3.66. The molecule has 0 atom stereocenters. The second-order valence-corrected chi connectivity index (χ2v) is 9.70. The number of carbonyl (C=O) groups excluding carboxylic acids is 1. The Morgan fingerprint density at radius 1 is 1.03 bits per heavy atom. The Hall–Kier alpha value is -2.55. The van der Waals surface area contributed by atoms with Gasteiger partial charge >= 0.3 is 0 Å². The smallest absolute Gasteiger partial charge is 0.243 e. The first-order valence-electron chi connectivity index (χ1n) is 9.31. The number of halogens is 1. The lowest BCUT2D eigenvalue weighted by Crippen LogP contribution is -2.40. The number of pyridine rings is 1. The van der Waals surface area contributed by atoms with Gasteiger partial charge in [-0.05, 0) is 48.4 Å². The van der Waals surface area contributed by atoms with Crippen LogP contribution in [-0.2, 0) is 27.9 Å². The zero-order chi connectivity index (χ0) is 21.6. The topological polar surface area (TPSA) is 79.4 Å². The monoisotopic (exact) mass is 487 g/mol. The number of carbonyl (C=O) groups is 1. The molecule has 0 saturated carbocycles. The number of nitrogens with one attached hydrogen (secondary N) is 1. The lowest BCUT2D eigenvalue weighted by atomic mass is 10.2. The molecule has 6 nitrogen and oxygen atoms in total. The molecule has 0 aliphatic rings. The highest BCUT2D eigenvalue weighted by Gasteiger charge is 2.26. The molecule has 1 heterocycles. The number of amides is 1. The second kappa shape index (κ2) is 9.97. The lowest BCUT2D eigenvalue weighted by Gasteiger charge is -2.22.